The number of esters is 1. The minimum Gasteiger partial charge on any atom is -0.495 e. The normalized spacial score (nSPS) is 10.1. The van der Waals surface area contributed by atoms with Crippen molar-refractivity contribution < 1.29 is 33.3 Å². The third kappa shape index (κ3) is 6.91. The smallest absolute Gasteiger partial charge is 0.338 e. The number of nitrogens with one attached hydrogen (secondary N) is 2. The van der Waals surface area contributed by atoms with Crippen LogP contribution in [0.3, 0.4) is 0 Å². The molecule has 2 aromatic carbocycles. The minimum atomic E-state index is -0.682. The van der Waals surface area contributed by atoms with Gasteiger partial charge in [-0.2, -0.15) is 0 Å². The lowest BCUT2D eigenvalue weighted by atomic mass is 10.2. The van der Waals surface area contributed by atoms with Gasteiger partial charge in [0.05, 0.1) is 31.6 Å². The average molecular weight is 430 g/mol. The Morgan fingerprint density at radius 1 is 0.871 bits per heavy atom. The van der Waals surface area contributed by atoms with Crippen molar-refractivity contribution >= 4 is 29.2 Å². The fraction of sp³-hybridized carbons (Fsp3) is 0.318. The highest BCUT2D eigenvalue weighted by Crippen LogP contribution is 2.29. The second-order valence-corrected chi connectivity index (χ2v) is 6.25. The summed E-state index contributed by atoms with van der Waals surface area (Å²) < 4.78 is 21.3. The van der Waals surface area contributed by atoms with Crippen molar-refractivity contribution in [1.82, 2.24) is 0 Å². The molecule has 0 spiro atoms. The quantitative estimate of drug-likeness (QED) is 0.557. The highest BCUT2D eigenvalue weighted by atomic mass is 16.5. The van der Waals surface area contributed by atoms with Crippen LogP contribution in [0.5, 0.6) is 17.2 Å². The van der Waals surface area contributed by atoms with Gasteiger partial charge in [-0.25, -0.2) is 4.79 Å². The molecule has 31 heavy (non-hydrogen) atoms. The van der Waals surface area contributed by atoms with Crippen LogP contribution in [0.25, 0.3) is 0 Å². The lowest BCUT2D eigenvalue weighted by Crippen LogP contribution is -2.21. The van der Waals surface area contributed by atoms with E-state index in [9.17, 15) is 14.4 Å². The summed E-state index contributed by atoms with van der Waals surface area (Å²) in [6.07, 6.45) is 0. The Morgan fingerprint density at radius 2 is 1.55 bits per heavy atom. The summed E-state index contributed by atoms with van der Waals surface area (Å²) in [5, 5.41) is 5.22. The molecule has 9 nitrogen and oxygen atoms in total. The first-order chi connectivity index (χ1) is 14.9. The van der Waals surface area contributed by atoms with Crippen LogP contribution in [0.4, 0.5) is 11.4 Å². The molecule has 166 valence electrons. The Morgan fingerprint density at radius 3 is 2.19 bits per heavy atom. The first-order valence-corrected chi connectivity index (χ1v) is 9.70. The number of rotatable bonds is 10. The van der Waals surface area contributed by atoms with Gasteiger partial charge in [0.15, 0.2) is 18.1 Å². The molecule has 0 aromatic heterocycles. The molecule has 2 amide bonds. The maximum absolute atomic E-state index is 12.4. The van der Waals surface area contributed by atoms with E-state index in [4.69, 9.17) is 18.9 Å². The molecule has 0 aliphatic carbocycles. The van der Waals surface area contributed by atoms with Gasteiger partial charge in [-0.15, -0.1) is 0 Å². The van der Waals surface area contributed by atoms with Crippen molar-refractivity contribution in [1.29, 1.82) is 0 Å². The largest absolute Gasteiger partial charge is 0.495 e. The summed E-state index contributed by atoms with van der Waals surface area (Å²) in [4.78, 5) is 35.9. The zero-order valence-electron chi connectivity index (χ0n) is 17.9. The number of anilines is 2. The zero-order valence-corrected chi connectivity index (χ0v) is 17.9. The summed E-state index contributed by atoms with van der Waals surface area (Å²) in [6, 6.07) is 9.44. The SMILES string of the molecule is CCOc1ccc(C(=O)OCC(=O)Nc2cc(NC(C)=O)ccc2OC)cc1OCC. The van der Waals surface area contributed by atoms with Crippen molar-refractivity contribution in [3.8, 4) is 17.2 Å². The van der Waals surface area contributed by atoms with Gasteiger partial charge in [0.1, 0.15) is 5.75 Å². The number of carbonyl (C=O) groups excluding carboxylic acids is 3. The molecule has 0 saturated carbocycles. The van der Waals surface area contributed by atoms with Crippen LogP contribution < -0.4 is 24.8 Å². The highest BCUT2D eigenvalue weighted by molar-refractivity contribution is 5.97. The van der Waals surface area contributed by atoms with Crippen LogP contribution in [0.1, 0.15) is 31.1 Å². The van der Waals surface area contributed by atoms with Gasteiger partial charge < -0.3 is 29.6 Å². The number of benzene rings is 2. The first-order valence-electron chi connectivity index (χ1n) is 9.70. The number of hydrogen-bond donors (Lipinski definition) is 2. The Bertz CT molecular complexity index is 943. The number of hydrogen-bond acceptors (Lipinski definition) is 7. The lowest BCUT2D eigenvalue weighted by Gasteiger charge is -2.13. The van der Waals surface area contributed by atoms with Gasteiger partial charge >= 0.3 is 5.97 Å². The number of carbonyl (C=O) groups is 3. The Hall–Kier alpha value is -3.75. The van der Waals surface area contributed by atoms with E-state index in [0.29, 0.717) is 41.8 Å². The van der Waals surface area contributed by atoms with Crippen molar-refractivity contribution in [2.24, 2.45) is 0 Å². The maximum atomic E-state index is 12.4. The second kappa shape index (κ2) is 11.4. The molecule has 0 aliphatic heterocycles. The molecule has 2 N–H and O–H groups in total. The van der Waals surface area contributed by atoms with E-state index < -0.39 is 18.5 Å². The van der Waals surface area contributed by atoms with Crippen LogP contribution >= 0.6 is 0 Å². The topological polar surface area (TPSA) is 112 Å². The van der Waals surface area contributed by atoms with Crippen LogP contribution in [0.2, 0.25) is 0 Å². The molecule has 0 aliphatic rings. The monoisotopic (exact) mass is 430 g/mol. The predicted molar refractivity (Wildman–Crippen MR) is 115 cm³/mol. The Balaban J connectivity index is 2.03. The van der Waals surface area contributed by atoms with E-state index >= 15 is 0 Å². The molecule has 0 fully saturated rings. The molecule has 0 radical (unpaired) electrons. The molecule has 0 unspecified atom stereocenters. The van der Waals surface area contributed by atoms with Gasteiger partial charge in [0, 0.05) is 12.6 Å². The highest BCUT2D eigenvalue weighted by Gasteiger charge is 2.15. The van der Waals surface area contributed by atoms with Gasteiger partial charge in [0.2, 0.25) is 5.91 Å². The third-order valence-electron chi connectivity index (χ3n) is 3.91. The van der Waals surface area contributed by atoms with E-state index in [1.807, 2.05) is 13.8 Å². The summed E-state index contributed by atoms with van der Waals surface area (Å²) in [5.74, 6) is -0.173. The molecular weight excluding hydrogens is 404 g/mol. The number of ether oxygens (including phenoxy) is 4. The Labute approximate surface area is 180 Å². The molecule has 9 heteroatoms. The van der Waals surface area contributed by atoms with Gasteiger partial charge in [-0.3, -0.25) is 9.59 Å². The van der Waals surface area contributed by atoms with Crippen molar-refractivity contribution in [2.75, 3.05) is 37.6 Å². The van der Waals surface area contributed by atoms with Crippen molar-refractivity contribution in [2.45, 2.75) is 20.8 Å². The predicted octanol–water partition coefficient (Wildman–Crippen LogP) is 3.25. The van der Waals surface area contributed by atoms with Gasteiger partial charge in [-0.1, -0.05) is 0 Å². The van der Waals surface area contributed by atoms with E-state index in [2.05, 4.69) is 10.6 Å². The third-order valence-corrected chi connectivity index (χ3v) is 3.91. The van der Waals surface area contributed by atoms with E-state index in [0.717, 1.165) is 0 Å². The van der Waals surface area contributed by atoms with E-state index in [1.54, 1.807) is 24.3 Å². The van der Waals surface area contributed by atoms with Crippen LogP contribution in [0.15, 0.2) is 36.4 Å². The summed E-state index contributed by atoms with van der Waals surface area (Å²) in [6.45, 7) is 5.39. The fourth-order valence-corrected chi connectivity index (χ4v) is 2.67. The molecule has 2 aromatic rings. The van der Waals surface area contributed by atoms with Crippen LogP contribution in [-0.4, -0.2) is 44.7 Å². The fourth-order valence-electron chi connectivity index (χ4n) is 2.67. The van der Waals surface area contributed by atoms with Crippen LogP contribution in [-0.2, 0) is 14.3 Å². The first kappa shape index (κ1) is 23.5. The summed E-state index contributed by atoms with van der Waals surface area (Å²) >= 11 is 0. The number of amides is 2. The Kier molecular flexibility index (Phi) is 8.68. The second-order valence-electron chi connectivity index (χ2n) is 6.25. The molecule has 0 heterocycles. The van der Waals surface area contributed by atoms with Gasteiger partial charge in [-0.05, 0) is 50.2 Å². The molecule has 0 bridgehead atoms. The average Bonchev–Trinajstić information content (AvgIpc) is 2.73. The van der Waals surface area contributed by atoms with Crippen LogP contribution in [0, 0.1) is 0 Å². The summed E-state index contributed by atoms with van der Waals surface area (Å²) in [5.41, 5.74) is 1.04. The maximum Gasteiger partial charge on any atom is 0.338 e. The molecule has 2 rings (SSSR count). The number of methoxy groups -OCH3 is 1. The van der Waals surface area contributed by atoms with E-state index in [1.165, 1.54) is 26.2 Å². The van der Waals surface area contributed by atoms with Crippen molar-refractivity contribution in [3.63, 3.8) is 0 Å². The minimum absolute atomic E-state index is 0.227. The standard InChI is InChI=1S/C22H26N2O7/c1-5-29-19-9-7-15(11-20(19)30-6-2)22(27)31-13-21(26)24-17-12-16(23-14(3)25)8-10-18(17)28-4/h7-12H,5-6,13H2,1-4H3,(H,23,25)(H,24,26). The molecule has 0 saturated heterocycles. The molecular formula is C22H26N2O7. The zero-order chi connectivity index (χ0) is 22.8. The lowest BCUT2D eigenvalue weighted by molar-refractivity contribution is -0.119. The molecule has 0 atom stereocenters. The van der Waals surface area contributed by atoms with E-state index in [-0.39, 0.29) is 11.5 Å². The van der Waals surface area contributed by atoms with Crippen molar-refractivity contribution in [3.05, 3.63) is 42.0 Å². The summed E-state index contributed by atoms with van der Waals surface area (Å²) in [7, 11) is 1.45. The van der Waals surface area contributed by atoms with Gasteiger partial charge in [0.25, 0.3) is 5.91 Å².